The maximum atomic E-state index is 13.2. The van der Waals surface area contributed by atoms with Crippen LogP contribution in [0.5, 0.6) is 0 Å². The predicted octanol–water partition coefficient (Wildman–Crippen LogP) is 0.237. The Bertz CT molecular complexity index is 677. The summed E-state index contributed by atoms with van der Waals surface area (Å²) in [4.78, 5) is 22.4. The molecular formula is C10H10FN3O4S2. The van der Waals surface area contributed by atoms with Crippen molar-refractivity contribution >= 4 is 38.6 Å². The Morgan fingerprint density at radius 2 is 2.20 bits per heavy atom. The standard InChI is InChI=1S/C10H10FN3O4S2/c11-5-1-2-8(20(12,17)18)6(3-5)13-9(15)7-4-19-10(16)14-7/h1-3,7H,4H2,(H,13,15)(H,14,16)(H2,12,17,18). The molecule has 1 heterocycles. The van der Waals surface area contributed by atoms with Crippen molar-refractivity contribution in [3.8, 4) is 0 Å². The summed E-state index contributed by atoms with van der Waals surface area (Å²) in [5.41, 5.74) is -0.261. The molecule has 108 valence electrons. The smallest absolute Gasteiger partial charge is 0.279 e. The van der Waals surface area contributed by atoms with Gasteiger partial charge < -0.3 is 10.6 Å². The van der Waals surface area contributed by atoms with Gasteiger partial charge in [-0.3, -0.25) is 9.59 Å². The molecule has 7 nitrogen and oxygen atoms in total. The fourth-order valence-electron chi connectivity index (χ4n) is 1.59. The van der Waals surface area contributed by atoms with Gasteiger partial charge in [-0.15, -0.1) is 0 Å². The number of nitrogens with one attached hydrogen (secondary N) is 2. The third kappa shape index (κ3) is 3.26. The first-order valence-electron chi connectivity index (χ1n) is 5.34. The number of carbonyl (C=O) groups excluding carboxylic acids is 2. The average Bonchev–Trinajstić information content (AvgIpc) is 2.74. The van der Waals surface area contributed by atoms with Crippen LogP contribution in [-0.2, 0) is 14.8 Å². The average molecular weight is 319 g/mol. The molecule has 1 saturated heterocycles. The van der Waals surface area contributed by atoms with Gasteiger partial charge in [0.15, 0.2) is 0 Å². The second kappa shape index (κ2) is 5.38. The lowest BCUT2D eigenvalue weighted by Crippen LogP contribution is -2.39. The zero-order valence-electron chi connectivity index (χ0n) is 9.92. The van der Waals surface area contributed by atoms with E-state index in [1.165, 1.54) is 0 Å². The molecule has 0 spiro atoms. The number of rotatable bonds is 3. The van der Waals surface area contributed by atoms with Crippen LogP contribution < -0.4 is 15.8 Å². The summed E-state index contributed by atoms with van der Waals surface area (Å²) < 4.78 is 35.9. The Labute approximate surface area is 118 Å². The highest BCUT2D eigenvalue weighted by Gasteiger charge is 2.29. The first-order chi connectivity index (χ1) is 9.27. The van der Waals surface area contributed by atoms with Crippen LogP contribution in [0.25, 0.3) is 0 Å². The van der Waals surface area contributed by atoms with Crippen molar-refractivity contribution in [2.75, 3.05) is 11.1 Å². The Balaban J connectivity index is 2.27. The Hall–Kier alpha value is -1.65. The Morgan fingerprint density at radius 1 is 1.50 bits per heavy atom. The summed E-state index contributed by atoms with van der Waals surface area (Å²) in [5.74, 6) is -1.15. The molecule has 1 atom stereocenters. The molecule has 1 aliphatic rings. The van der Waals surface area contributed by atoms with Crippen LogP contribution in [-0.4, -0.2) is 31.4 Å². The topological polar surface area (TPSA) is 118 Å². The number of hydrogen-bond acceptors (Lipinski definition) is 5. The van der Waals surface area contributed by atoms with Gasteiger partial charge in [-0.2, -0.15) is 0 Å². The van der Waals surface area contributed by atoms with E-state index in [-0.39, 0.29) is 16.7 Å². The lowest BCUT2D eigenvalue weighted by molar-refractivity contribution is -0.117. The molecule has 10 heteroatoms. The first kappa shape index (κ1) is 14.8. The number of hydrogen-bond donors (Lipinski definition) is 3. The highest BCUT2D eigenvalue weighted by molar-refractivity contribution is 8.14. The molecule has 2 rings (SSSR count). The Kier molecular flexibility index (Phi) is 3.97. The summed E-state index contributed by atoms with van der Waals surface area (Å²) in [5, 5.41) is 9.27. The SMILES string of the molecule is NS(=O)(=O)c1ccc(F)cc1NC(=O)C1CSC(=O)N1. The van der Waals surface area contributed by atoms with Crippen molar-refractivity contribution in [3.63, 3.8) is 0 Å². The fourth-order valence-corrected chi connectivity index (χ4v) is 3.05. The molecular weight excluding hydrogens is 309 g/mol. The van der Waals surface area contributed by atoms with Gasteiger partial charge in [0.1, 0.15) is 16.8 Å². The molecule has 1 aromatic rings. The van der Waals surface area contributed by atoms with E-state index in [1.54, 1.807) is 0 Å². The molecule has 0 bridgehead atoms. The first-order valence-corrected chi connectivity index (χ1v) is 7.87. The van der Waals surface area contributed by atoms with E-state index in [4.69, 9.17) is 5.14 Å². The van der Waals surface area contributed by atoms with Crippen molar-refractivity contribution < 1.29 is 22.4 Å². The largest absolute Gasteiger partial charge is 0.334 e. The van der Waals surface area contributed by atoms with Gasteiger partial charge in [-0.1, -0.05) is 11.8 Å². The van der Waals surface area contributed by atoms with E-state index in [0.29, 0.717) is 0 Å². The molecule has 0 saturated carbocycles. The molecule has 0 radical (unpaired) electrons. The van der Waals surface area contributed by atoms with Crippen molar-refractivity contribution in [1.29, 1.82) is 0 Å². The quantitative estimate of drug-likeness (QED) is 0.737. The third-order valence-corrected chi connectivity index (χ3v) is 4.34. The molecule has 1 fully saturated rings. The van der Waals surface area contributed by atoms with Gasteiger partial charge >= 0.3 is 0 Å². The summed E-state index contributed by atoms with van der Waals surface area (Å²) >= 11 is 0.929. The molecule has 2 amide bonds. The van der Waals surface area contributed by atoms with Gasteiger partial charge in [-0.05, 0) is 18.2 Å². The minimum absolute atomic E-state index is 0.213. The maximum Gasteiger partial charge on any atom is 0.279 e. The van der Waals surface area contributed by atoms with Crippen LogP contribution in [0.4, 0.5) is 14.9 Å². The van der Waals surface area contributed by atoms with Crippen molar-refractivity contribution in [2.24, 2.45) is 5.14 Å². The number of benzene rings is 1. The van der Waals surface area contributed by atoms with Crippen LogP contribution in [0, 0.1) is 5.82 Å². The summed E-state index contributed by atoms with van der Waals surface area (Å²) in [7, 11) is -4.10. The summed E-state index contributed by atoms with van der Waals surface area (Å²) in [6.07, 6.45) is 0. The van der Waals surface area contributed by atoms with Gasteiger partial charge in [0.2, 0.25) is 15.9 Å². The minimum Gasteiger partial charge on any atom is -0.334 e. The Morgan fingerprint density at radius 3 is 2.75 bits per heavy atom. The second-order valence-corrected chi connectivity index (χ2v) is 6.49. The number of anilines is 1. The number of halogens is 1. The van der Waals surface area contributed by atoms with E-state index < -0.39 is 32.7 Å². The highest BCUT2D eigenvalue weighted by Crippen LogP contribution is 2.22. The number of nitrogens with two attached hydrogens (primary N) is 1. The van der Waals surface area contributed by atoms with Gasteiger partial charge in [0.25, 0.3) is 5.24 Å². The predicted molar refractivity (Wildman–Crippen MR) is 71.2 cm³/mol. The van der Waals surface area contributed by atoms with Gasteiger partial charge in [0.05, 0.1) is 5.69 Å². The molecule has 0 aromatic heterocycles. The molecule has 0 aliphatic carbocycles. The van der Waals surface area contributed by atoms with E-state index in [1.807, 2.05) is 0 Å². The minimum atomic E-state index is -4.10. The van der Waals surface area contributed by atoms with Crippen LogP contribution in [0.2, 0.25) is 0 Å². The van der Waals surface area contributed by atoms with E-state index in [9.17, 15) is 22.4 Å². The summed E-state index contributed by atoms with van der Waals surface area (Å²) in [6.45, 7) is 0. The van der Waals surface area contributed by atoms with Crippen LogP contribution in [0.3, 0.4) is 0 Å². The molecule has 20 heavy (non-hydrogen) atoms. The number of amides is 2. The van der Waals surface area contributed by atoms with Crippen molar-refractivity contribution in [3.05, 3.63) is 24.0 Å². The molecule has 1 aliphatic heterocycles. The molecule has 4 N–H and O–H groups in total. The number of primary sulfonamides is 1. The van der Waals surface area contributed by atoms with Crippen LogP contribution in [0.15, 0.2) is 23.1 Å². The number of sulfonamides is 1. The van der Waals surface area contributed by atoms with E-state index in [0.717, 1.165) is 30.0 Å². The number of carbonyl (C=O) groups is 2. The normalized spacial score (nSPS) is 18.7. The zero-order chi connectivity index (χ0) is 14.9. The third-order valence-electron chi connectivity index (χ3n) is 2.50. The second-order valence-electron chi connectivity index (χ2n) is 3.97. The van der Waals surface area contributed by atoms with E-state index in [2.05, 4.69) is 10.6 Å². The van der Waals surface area contributed by atoms with Gasteiger partial charge in [0, 0.05) is 5.75 Å². The number of thioether (sulfide) groups is 1. The molecule has 1 aromatic carbocycles. The molecule has 1 unspecified atom stereocenters. The highest BCUT2D eigenvalue weighted by atomic mass is 32.2. The van der Waals surface area contributed by atoms with Crippen molar-refractivity contribution in [1.82, 2.24) is 5.32 Å². The summed E-state index contributed by atoms with van der Waals surface area (Å²) in [6, 6.07) is 1.93. The lowest BCUT2D eigenvalue weighted by Gasteiger charge is -2.13. The monoisotopic (exact) mass is 319 g/mol. The zero-order valence-corrected chi connectivity index (χ0v) is 11.6. The van der Waals surface area contributed by atoms with Gasteiger partial charge in [-0.25, -0.2) is 17.9 Å². The fraction of sp³-hybridized carbons (Fsp3) is 0.200. The maximum absolute atomic E-state index is 13.2. The van der Waals surface area contributed by atoms with Crippen molar-refractivity contribution in [2.45, 2.75) is 10.9 Å². The van der Waals surface area contributed by atoms with E-state index >= 15 is 0 Å². The van der Waals surface area contributed by atoms with Crippen LogP contribution in [0.1, 0.15) is 0 Å². The van der Waals surface area contributed by atoms with Crippen LogP contribution >= 0.6 is 11.8 Å². The lowest BCUT2D eigenvalue weighted by atomic mass is 10.2.